The number of nitrogens with one attached hydrogen (secondary N) is 2. The Kier molecular flexibility index (Phi) is 6.42. The number of likely N-dealkylation sites (tertiary alicyclic amines) is 1. The smallest absolute Gasteiger partial charge is 0.370 e. The molecule has 0 saturated carbocycles. The summed E-state index contributed by atoms with van der Waals surface area (Å²) in [6.07, 6.45) is 1.15. The third-order valence-corrected chi connectivity index (χ3v) is 6.58. The van der Waals surface area contributed by atoms with E-state index in [4.69, 9.17) is 0 Å². The standard InChI is InChI=1S/C24H30F3N5/c1-15-6-7-20-22(16(15)2)31-23(30-20)18-14-29-21(13-19(18)24(25,26)27)28-10-4-5-17-8-11-32(3)12-9-17/h6-7,13-14,17H,4-5,8-12H2,1-3H3,(H,28,29)(H,30,31). The molecule has 0 unspecified atom stereocenters. The molecule has 3 aromatic rings. The Bertz CT molecular complexity index is 1080. The number of benzene rings is 1. The summed E-state index contributed by atoms with van der Waals surface area (Å²) in [6, 6.07) is 4.87. The van der Waals surface area contributed by atoms with Crippen LogP contribution in [-0.2, 0) is 6.18 Å². The molecule has 0 atom stereocenters. The summed E-state index contributed by atoms with van der Waals surface area (Å²) in [4.78, 5) is 14.1. The quantitative estimate of drug-likeness (QED) is 0.471. The number of aryl methyl sites for hydroxylation is 2. The van der Waals surface area contributed by atoms with Gasteiger partial charge in [-0.1, -0.05) is 6.07 Å². The molecule has 32 heavy (non-hydrogen) atoms. The Labute approximate surface area is 186 Å². The van der Waals surface area contributed by atoms with E-state index in [1.807, 2.05) is 26.0 Å². The van der Waals surface area contributed by atoms with Gasteiger partial charge in [-0.15, -0.1) is 0 Å². The van der Waals surface area contributed by atoms with Crippen molar-refractivity contribution in [2.24, 2.45) is 5.92 Å². The molecule has 0 aliphatic carbocycles. The number of aromatic amines is 1. The Hall–Kier alpha value is -2.61. The summed E-state index contributed by atoms with van der Waals surface area (Å²) < 4.78 is 41.6. The number of hydrogen-bond acceptors (Lipinski definition) is 4. The molecule has 0 bridgehead atoms. The largest absolute Gasteiger partial charge is 0.417 e. The first-order chi connectivity index (χ1) is 15.2. The van der Waals surface area contributed by atoms with E-state index in [2.05, 4.69) is 32.2 Å². The van der Waals surface area contributed by atoms with Gasteiger partial charge in [0.2, 0.25) is 0 Å². The molecule has 2 N–H and O–H groups in total. The number of fused-ring (bicyclic) bond motifs is 1. The highest BCUT2D eigenvalue weighted by Crippen LogP contribution is 2.38. The SMILES string of the molecule is Cc1ccc2[nH]c(-c3cnc(NCCCC4CCN(C)CC4)cc3C(F)(F)F)nc2c1C. The van der Waals surface area contributed by atoms with Gasteiger partial charge in [0.15, 0.2) is 0 Å². The molecule has 1 saturated heterocycles. The van der Waals surface area contributed by atoms with E-state index in [0.29, 0.717) is 23.5 Å². The van der Waals surface area contributed by atoms with Crippen molar-refractivity contribution in [3.8, 4) is 11.4 Å². The van der Waals surface area contributed by atoms with Crippen LogP contribution in [0.25, 0.3) is 22.4 Å². The highest BCUT2D eigenvalue weighted by Gasteiger charge is 2.35. The maximum atomic E-state index is 13.9. The number of pyridine rings is 1. The molecular weight excluding hydrogens is 415 g/mol. The van der Waals surface area contributed by atoms with Gasteiger partial charge in [0.25, 0.3) is 0 Å². The highest BCUT2D eigenvalue weighted by atomic mass is 19.4. The molecule has 0 amide bonds. The molecule has 1 fully saturated rings. The fraction of sp³-hybridized carbons (Fsp3) is 0.500. The predicted molar refractivity (Wildman–Crippen MR) is 122 cm³/mol. The van der Waals surface area contributed by atoms with Crippen LogP contribution in [-0.4, -0.2) is 46.5 Å². The Morgan fingerprint density at radius 3 is 2.66 bits per heavy atom. The summed E-state index contributed by atoms with van der Waals surface area (Å²) in [5.74, 6) is 1.13. The van der Waals surface area contributed by atoms with Gasteiger partial charge in [0.05, 0.1) is 16.6 Å². The average molecular weight is 446 g/mol. The zero-order chi connectivity index (χ0) is 22.9. The minimum atomic E-state index is -4.51. The van der Waals surface area contributed by atoms with Crippen LogP contribution in [0.1, 0.15) is 42.4 Å². The van der Waals surface area contributed by atoms with Crippen LogP contribution in [0.3, 0.4) is 0 Å². The number of nitrogens with zero attached hydrogens (tertiary/aromatic N) is 3. The molecule has 1 aliphatic heterocycles. The van der Waals surface area contributed by atoms with Crippen molar-refractivity contribution in [2.45, 2.75) is 45.7 Å². The second kappa shape index (κ2) is 9.10. The van der Waals surface area contributed by atoms with Crippen LogP contribution in [0.4, 0.5) is 19.0 Å². The summed E-state index contributed by atoms with van der Waals surface area (Å²) in [5.41, 5.74) is 2.62. The van der Waals surface area contributed by atoms with Crippen LogP contribution >= 0.6 is 0 Å². The van der Waals surface area contributed by atoms with E-state index in [1.54, 1.807) is 0 Å². The third-order valence-electron chi connectivity index (χ3n) is 6.58. The molecule has 1 aromatic carbocycles. The minimum absolute atomic E-state index is 0.0392. The van der Waals surface area contributed by atoms with E-state index in [1.165, 1.54) is 19.0 Å². The van der Waals surface area contributed by atoms with Gasteiger partial charge in [0, 0.05) is 18.3 Å². The number of anilines is 1. The number of H-pyrrole nitrogens is 1. The van der Waals surface area contributed by atoms with E-state index < -0.39 is 11.7 Å². The van der Waals surface area contributed by atoms with E-state index in [0.717, 1.165) is 43.1 Å². The Balaban J connectivity index is 1.49. The average Bonchev–Trinajstić information content (AvgIpc) is 3.19. The maximum absolute atomic E-state index is 13.9. The van der Waals surface area contributed by atoms with Crippen LogP contribution in [0, 0.1) is 19.8 Å². The second-order valence-corrected chi connectivity index (χ2v) is 8.92. The molecule has 0 spiro atoms. The number of aromatic nitrogens is 3. The minimum Gasteiger partial charge on any atom is -0.370 e. The summed E-state index contributed by atoms with van der Waals surface area (Å²) in [6.45, 7) is 6.73. The molecule has 1 aliphatic rings. The van der Waals surface area contributed by atoms with Gasteiger partial charge in [-0.3, -0.25) is 0 Å². The van der Waals surface area contributed by atoms with Gasteiger partial charge in [0.1, 0.15) is 11.6 Å². The van der Waals surface area contributed by atoms with E-state index in [9.17, 15) is 13.2 Å². The first-order valence-corrected chi connectivity index (χ1v) is 11.2. The molecule has 2 aromatic heterocycles. The van der Waals surface area contributed by atoms with Crippen LogP contribution < -0.4 is 5.32 Å². The number of imidazole rings is 1. The molecule has 0 radical (unpaired) electrons. The van der Waals surface area contributed by atoms with Crippen molar-refractivity contribution in [1.29, 1.82) is 0 Å². The normalized spacial score (nSPS) is 16.1. The first-order valence-electron chi connectivity index (χ1n) is 11.2. The lowest BCUT2D eigenvalue weighted by Gasteiger charge is -2.28. The number of halogens is 3. The number of alkyl halides is 3. The van der Waals surface area contributed by atoms with Crippen molar-refractivity contribution in [3.63, 3.8) is 0 Å². The Morgan fingerprint density at radius 2 is 1.94 bits per heavy atom. The Morgan fingerprint density at radius 1 is 1.19 bits per heavy atom. The van der Waals surface area contributed by atoms with Crippen molar-refractivity contribution < 1.29 is 13.2 Å². The zero-order valence-electron chi connectivity index (χ0n) is 18.8. The first kappa shape index (κ1) is 22.6. The summed E-state index contributed by atoms with van der Waals surface area (Å²) in [5, 5.41) is 3.08. The zero-order valence-corrected chi connectivity index (χ0v) is 18.8. The topological polar surface area (TPSA) is 56.8 Å². The van der Waals surface area contributed by atoms with E-state index in [-0.39, 0.29) is 17.2 Å². The summed E-state index contributed by atoms with van der Waals surface area (Å²) >= 11 is 0. The van der Waals surface area contributed by atoms with Crippen LogP contribution in [0.15, 0.2) is 24.4 Å². The van der Waals surface area contributed by atoms with Crippen molar-refractivity contribution in [1.82, 2.24) is 19.9 Å². The van der Waals surface area contributed by atoms with Gasteiger partial charge >= 0.3 is 6.18 Å². The van der Waals surface area contributed by atoms with Crippen molar-refractivity contribution in [3.05, 3.63) is 41.1 Å². The molecular formula is C24H30F3N5. The van der Waals surface area contributed by atoms with Gasteiger partial charge < -0.3 is 15.2 Å². The number of piperidine rings is 1. The number of hydrogen-bond donors (Lipinski definition) is 2. The molecule has 4 rings (SSSR count). The fourth-order valence-corrected chi connectivity index (χ4v) is 4.37. The molecule has 5 nitrogen and oxygen atoms in total. The van der Waals surface area contributed by atoms with Gasteiger partial charge in [-0.25, -0.2) is 9.97 Å². The van der Waals surface area contributed by atoms with Crippen LogP contribution in [0.2, 0.25) is 0 Å². The third kappa shape index (κ3) is 4.90. The van der Waals surface area contributed by atoms with Crippen LogP contribution in [0.5, 0.6) is 0 Å². The van der Waals surface area contributed by atoms with Crippen molar-refractivity contribution in [2.75, 3.05) is 32.0 Å². The van der Waals surface area contributed by atoms with E-state index >= 15 is 0 Å². The molecule has 3 heterocycles. The maximum Gasteiger partial charge on any atom is 0.417 e. The summed E-state index contributed by atoms with van der Waals surface area (Å²) in [7, 11) is 2.14. The van der Waals surface area contributed by atoms with Crippen molar-refractivity contribution >= 4 is 16.9 Å². The lowest BCUT2D eigenvalue weighted by molar-refractivity contribution is -0.137. The monoisotopic (exact) mass is 445 g/mol. The fourth-order valence-electron chi connectivity index (χ4n) is 4.37. The second-order valence-electron chi connectivity index (χ2n) is 8.92. The lowest BCUT2D eigenvalue weighted by Crippen LogP contribution is -2.30. The molecule has 172 valence electrons. The molecule has 8 heteroatoms. The highest BCUT2D eigenvalue weighted by molar-refractivity contribution is 5.83. The van der Waals surface area contributed by atoms with Gasteiger partial charge in [-0.05, 0) is 88.8 Å². The lowest BCUT2D eigenvalue weighted by atomic mass is 9.92. The predicted octanol–water partition coefficient (Wildman–Crippen LogP) is 5.79. The van der Waals surface area contributed by atoms with Gasteiger partial charge in [-0.2, -0.15) is 13.2 Å². The number of rotatable bonds is 6.